The van der Waals surface area contributed by atoms with E-state index in [2.05, 4.69) is 15.2 Å². The van der Waals surface area contributed by atoms with Gasteiger partial charge < -0.3 is 0 Å². The maximum atomic E-state index is 13.7. The Labute approximate surface area is 122 Å². The van der Waals surface area contributed by atoms with Crippen LogP contribution in [0.1, 0.15) is 24.5 Å². The molecule has 2 aromatic heterocycles. The zero-order valence-corrected chi connectivity index (χ0v) is 12.1. The molecule has 0 aromatic carbocycles. The third-order valence-electron chi connectivity index (χ3n) is 3.66. The molecule has 1 N–H and O–H groups in total. The number of aromatic amines is 1. The molecule has 1 saturated heterocycles. The van der Waals surface area contributed by atoms with Crippen LogP contribution in [0.4, 0.5) is 4.39 Å². The van der Waals surface area contributed by atoms with Crippen LogP contribution in [0.15, 0.2) is 35.6 Å². The van der Waals surface area contributed by atoms with Gasteiger partial charge in [-0.2, -0.15) is 9.40 Å². The van der Waals surface area contributed by atoms with Gasteiger partial charge >= 0.3 is 0 Å². The highest BCUT2D eigenvalue weighted by Crippen LogP contribution is 2.29. The summed E-state index contributed by atoms with van der Waals surface area (Å²) in [5.74, 6) is -0.774. The summed E-state index contributed by atoms with van der Waals surface area (Å²) in [4.78, 5) is 3.69. The van der Waals surface area contributed by atoms with Gasteiger partial charge in [-0.15, -0.1) is 0 Å². The van der Waals surface area contributed by atoms with Crippen molar-refractivity contribution in [3.8, 4) is 0 Å². The van der Waals surface area contributed by atoms with Crippen molar-refractivity contribution in [1.29, 1.82) is 0 Å². The molecule has 0 spiro atoms. The van der Waals surface area contributed by atoms with Crippen molar-refractivity contribution in [2.24, 2.45) is 0 Å². The van der Waals surface area contributed by atoms with Gasteiger partial charge in [0.15, 0.2) is 5.82 Å². The van der Waals surface area contributed by atoms with Crippen molar-refractivity contribution >= 4 is 10.0 Å². The van der Waals surface area contributed by atoms with E-state index in [1.165, 1.54) is 16.6 Å². The van der Waals surface area contributed by atoms with E-state index < -0.39 is 20.9 Å². The Morgan fingerprint density at radius 1 is 1.33 bits per heavy atom. The van der Waals surface area contributed by atoms with Crippen LogP contribution < -0.4 is 0 Å². The lowest BCUT2D eigenvalue weighted by molar-refractivity contribution is 0.310. The SMILES string of the molecule is O=S(=O)(c1ncccc1F)N1CCCC(c2ccn[nH]2)C1. The number of rotatable bonds is 3. The van der Waals surface area contributed by atoms with Crippen molar-refractivity contribution in [2.75, 3.05) is 13.1 Å². The second-order valence-electron chi connectivity index (χ2n) is 5.00. The van der Waals surface area contributed by atoms with Gasteiger partial charge in [0.05, 0.1) is 0 Å². The average molecular weight is 310 g/mol. The Kier molecular flexibility index (Phi) is 3.73. The topological polar surface area (TPSA) is 79.0 Å². The Hall–Kier alpha value is -1.80. The number of hydrogen-bond donors (Lipinski definition) is 1. The third-order valence-corrected chi connectivity index (χ3v) is 5.46. The van der Waals surface area contributed by atoms with Gasteiger partial charge in [0.1, 0.15) is 0 Å². The summed E-state index contributed by atoms with van der Waals surface area (Å²) in [6.07, 6.45) is 4.52. The molecular weight excluding hydrogens is 295 g/mol. The van der Waals surface area contributed by atoms with E-state index in [0.29, 0.717) is 13.1 Å². The first-order chi connectivity index (χ1) is 10.1. The molecule has 1 atom stereocenters. The average Bonchev–Trinajstić information content (AvgIpc) is 3.02. The number of nitrogens with zero attached hydrogens (tertiary/aromatic N) is 3. The van der Waals surface area contributed by atoms with Crippen LogP contribution in [0.25, 0.3) is 0 Å². The lowest BCUT2D eigenvalue weighted by atomic mass is 9.96. The molecule has 3 heterocycles. The quantitative estimate of drug-likeness (QED) is 0.932. The number of pyridine rings is 1. The minimum absolute atomic E-state index is 0.0443. The number of halogens is 1. The molecule has 112 valence electrons. The summed E-state index contributed by atoms with van der Waals surface area (Å²) in [6, 6.07) is 4.32. The van der Waals surface area contributed by atoms with E-state index >= 15 is 0 Å². The summed E-state index contributed by atoms with van der Waals surface area (Å²) >= 11 is 0. The predicted molar refractivity (Wildman–Crippen MR) is 73.5 cm³/mol. The largest absolute Gasteiger partial charge is 0.282 e. The Morgan fingerprint density at radius 2 is 2.19 bits per heavy atom. The van der Waals surface area contributed by atoms with Gasteiger partial charge in [-0.3, -0.25) is 5.10 Å². The van der Waals surface area contributed by atoms with Gasteiger partial charge in [0.2, 0.25) is 5.03 Å². The minimum Gasteiger partial charge on any atom is -0.282 e. The first-order valence-electron chi connectivity index (χ1n) is 6.69. The zero-order valence-electron chi connectivity index (χ0n) is 11.2. The number of H-pyrrole nitrogens is 1. The highest BCUT2D eigenvalue weighted by Gasteiger charge is 2.33. The molecule has 0 amide bonds. The summed E-state index contributed by atoms with van der Waals surface area (Å²) in [5, 5.41) is 6.26. The molecule has 1 unspecified atom stereocenters. The van der Waals surface area contributed by atoms with E-state index in [1.54, 1.807) is 6.20 Å². The molecule has 0 bridgehead atoms. The maximum Gasteiger partial charge on any atom is 0.263 e. The highest BCUT2D eigenvalue weighted by molar-refractivity contribution is 7.89. The van der Waals surface area contributed by atoms with Crippen LogP contribution in [0.3, 0.4) is 0 Å². The maximum absolute atomic E-state index is 13.7. The van der Waals surface area contributed by atoms with E-state index in [4.69, 9.17) is 0 Å². The Bertz CT molecular complexity index is 718. The smallest absolute Gasteiger partial charge is 0.263 e. The van der Waals surface area contributed by atoms with E-state index in [-0.39, 0.29) is 5.92 Å². The molecule has 3 rings (SSSR count). The number of hydrogen-bond acceptors (Lipinski definition) is 4. The summed E-state index contributed by atoms with van der Waals surface area (Å²) in [5.41, 5.74) is 0.899. The van der Waals surface area contributed by atoms with Crippen LogP contribution in [-0.2, 0) is 10.0 Å². The molecule has 2 aromatic rings. The van der Waals surface area contributed by atoms with Crippen molar-refractivity contribution in [1.82, 2.24) is 19.5 Å². The molecule has 21 heavy (non-hydrogen) atoms. The number of sulfonamides is 1. The van der Waals surface area contributed by atoms with Crippen molar-refractivity contribution in [3.05, 3.63) is 42.1 Å². The molecule has 0 aliphatic carbocycles. The van der Waals surface area contributed by atoms with Crippen LogP contribution in [-0.4, -0.2) is 41.0 Å². The molecule has 6 nitrogen and oxygen atoms in total. The summed E-state index contributed by atoms with van der Waals surface area (Å²) in [7, 11) is -3.90. The van der Waals surface area contributed by atoms with Gasteiger partial charge in [0.25, 0.3) is 10.0 Å². The Morgan fingerprint density at radius 3 is 2.90 bits per heavy atom. The molecule has 1 fully saturated rings. The van der Waals surface area contributed by atoms with Crippen LogP contribution in [0, 0.1) is 5.82 Å². The Balaban J connectivity index is 1.88. The van der Waals surface area contributed by atoms with Gasteiger partial charge in [-0.1, -0.05) is 0 Å². The second kappa shape index (κ2) is 5.53. The molecule has 1 aliphatic heterocycles. The lowest BCUT2D eigenvalue weighted by Gasteiger charge is -2.31. The van der Waals surface area contributed by atoms with Crippen molar-refractivity contribution in [2.45, 2.75) is 23.8 Å². The van der Waals surface area contributed by atoms with Gasteiger partial charge in [-0.25, -0.2) is 17.8 Å². The summed E-state index contributed by atoms with van der Waals surface area (Å²) in [6.45, 7) is 0.684. The number of nitrogens with one attached hydrogen (secondary N) is 1. The minimum atomic E-state index is -3.90. The van der Waals surface area contributed by atoms with E-state index in [1.807, 2.05) is 6.07 Å². The predicted octanol–water partition coefficient (Wildman–Crippen LogP) is 1.51. The fourth-order valence-corrected chi connectivity index (χ4v) is 4.09. The molecular formula is C13H15FN4O2S. The standard InChI is InChI=1S/C13H15FN4O2S/c14-11-4-1-6-15-13(11)21(19,20)18-8-2-3-10(9-18)12-5-7-16-17-12/h1,4-7,10H,2-3,8-9H2,(H,16,17). The van der Waals surface area contributed by atoms with E-state index in [9.17, 15) is 12.8 Å². The molecule has 1 aliphatic rings. The third kappa shape index (κ3) is 2.68. The molecule has 0 saturated carbocycles. The fourth-order valence-electron chi connectivity index (χ4n) is 2.59. The number of aromatic nitrogens is 3. The molecule has 8 heteroatoms. The van der Waals surface area contributed by atoms with Crippen molar-refractivity contribution < 1.29 is 12.8 Å². The van der Waals surface area contributed by atoms with Crippen LogP contribution >= 0.6 is 0 Å². The first-order valence-corrected chi connectivity index (χ1v) is 8.13. The zero-order chi connectivity index (χ0) is 14.9. The van der Waals surface area contributed by atoms with E-state index in [0.717, 1.165) is 24.6 Å². The first kappa shape index (κ1) is 14.2. The number of piperidine rings is 1. The normalized spacial score (nSPS) is 20.5. The van der Waals surface area contributed by atoms with Crippen molar-refractivity contribution in [3.63, 3.8) is 0 Å². The van der Waals surface area contributed by atoms with Crippen LogP contribution in [0.5, 0.6) is 0 Å². The lowest BCUT2D eigenvalue weighted by Crippen LogP contribution is -2.39. The van der Waals surface area contributed by atoms with Gasteiger partial charge in [0, 0.05) is 37.1 Å². The second-order valence-corrected chi connectivity index (χ2v) is 6.86. The highest BCUT2D eigenvalue weighted by atomic mass is 32.2. The van der Waals surface area contributed by atoms with Gasteiger partial charge in [-0.05, 0) is 31.0 Å². The fraction of sp³-hybridized carbons (Fsp3) is 0.385. The van der Waals surface area contributed by atoms with Crippen LogP contribution in [0.2, 0.25) is 0 Å². The monoisotopic (exact) mass is 310 g/mol. The molecule has 0 radical (unpaired) electrons. The summed E-state index contributed by atoms with van der Waals surface area (Å²) < 4.78 is 40.1.